The van der Waals surface area contributed by atoms with Gasteiger partial charge in [-0.05, 0) is 36.0 Å². The summed E-state index contributed by atoms with van der Waals surface area (Å²) < 4.78 is 11.8. The molecule has 1 fully saturated rings. The first kappa shape index (κ1) is 22.7. The third kappa shape index (κ3) is 7.28. The molecule has 0 atom stereocenters. The Morgan fingerprint density at radius 3 is 1.70 bits per heavy atom. The monoisotopic (exact) mass is 463 g/mol. The highest BCUT2D eigenvalue weighted by Crippen LogP contribution is 2.25. The molecule has 3 heterocycles. The van der Waals surface area contributed by atoms with Gasteiger partial charge in [0, 0.05) is 30.8 Å². The fraction of sp³-hybridized carbons (Fsp3) is 0.217. The number of hydrogen-bond donors (Lipinski definition) is 2. The van der Waals surface area contributed by atoms with Crippen LogP contribution in [0.2, 0.25) is 0 Å². The Kier molecular flexibility index (Phi) is 8.23. The van der Waals surface area contributed by atoms with Crippen molar-refractivity contribution >= 4 is 35.0 Å². The number of aromatic nitrogens is 5. The van der Waals surface area contributed by atoms with Crippen LogP contribution in [0.5, 0.6) is 0 Å². The number of nitrogens with zero attached hydrogens (tertiary/aromatic N) is 5. The van der Waals surface area contributed by atoms with E-state index in [9.17, 15) is 0 Å². The second kappa shape index (κ2) is 12.0. The summed E-state index contributed by atoms with van der Waals surface area (Å²) in [6.07, 6.45) is 3.63. The maximum Gasteiger partial charge on any atom is 0.233 e. The van der Waals surface area contributed by atoms with E-state index >= 15 is 0 Å². The summed E-state index contributed by atoms with van der Waals surface area (Å²) in [7, 11) is 1.93. The first-order chi connectivity index (χ1) is 16.3. The van der Waals surface area contributed by atoms with Crippen molar-refractivity contribution in [3.8, 4) is 0 Å². The van der Waals surface area contributed by atoms with Crippen molar-refractivity contribution in [3.05, 3.63) is 73.1 Å². The topological polar surface area (TPSA) is 99.0 Å². The van der Waals surface area contributed by atoms with E-state index in [0.29, 0.717) is 17.1 Å². The zero-order valence-electron chi connectivity index (χ0n) is 18.2. The highest BCUT2D eigenvalue weighted by atomic mass is 32.2. The molecule has 1 saturated heterocycles. The van der Waals surface area contributed by atoms with Crippen molar-refractivity contribution < 1.29 is 9.47 Å². The van der Waals surface area contributed by atoms with Gasteiger partial charge in [0.1, 0.15) is 0 Å². The van der Waals surface area contributed by atoms with E-state index in [4.69, 9.17) is 9.47 Å². The molecule has 0 amide bonds. The number of nitrogens with one attached hydrogen (secondary N) is 2. The summed E-state index contributed by atoms with van der Waals surface area (Å²) in [5.41, 5.74) is 1.81. The Morgan fingerprint density at radius 2 is 1.27 bits per heavy atom. The number of ether oxygens (including phenoxy) is 2. The lowest BCUT2D eigenvalue weighted by molar-refractivity contribution is -0.0334. The van der Waals surface area contributed by atoms with Crippen molar-refractivity contribution in [2.24, 2.45) is 7.05 Å². The van der Waals surface area contributed by atoms with Crippen LogP contribution < -0.4 is 10.6 Å². The number of benzene rings is 2. The van der Waals surface area contributed by atoms with Crippen molar-refractivity contribution in [2.45, 2.75) is 10.3 Å². The van der Waals surface area contributed by atoms with Crippen LogP contribution in [-0.2, 0) is 16.5 Å². The van der Waals surface area contributed by atoms with Crippen LogP contribution in [0.4, 0.5) is 23.3 Å². The minimum Gasteiger partial charge on any atom is -0.377 e. The van der Waals surface area contributed by atoms with Crippen molar-refractivity contribution in [1.82, 2.24) is 24.5 Å². The second-order valence-corrected chi connectivity index (χ2v) is 7.83. The molecule has 0 unspecified atom stereocenters. The number of hydrogen-bond acceptors (Lipinski definition) is 9. The summed E-state index contributed by atoms with van der Waals surface area (Å²) >= 11 is 1.38. The van der Waals surface area contributed by atoms with Crippen molar-refractivity contribution in [2.75, 3.05) is 37.1 Å². The Morgan fingerprint density at radius 1 is 0.758 bits per heavy atom. The van der Waals surface area contributed by atoms with Crippen LogP contribution in [0.15, 0.2) is 83.4 Å². The van der Waals surface area contributed by atoms with Gasteiger partial charge in [0.15, 0.2) is 5.16 Å². The number of anilines is 4. The first-order valence-corrected chi connectivity index (χ1v) is 11.3. The predicted octanol–water partition coefficient (Wildman–Crippen LogP) is 4.28. The lowest BCUT2D eigenvalue weighted by atomic mass is 10.3. The molecule has 0 saturated carbocycles. The van der Waals surface area contributed by atoms with Crippen LogP contribution in [0.3, 0.4) is 0 Å². The van der Waals surface area contributed by atoms with Crippen LogP contribution in [0.1, 0.15) is 0 Å². The molecule has 33 heavy (non-hydrogen) atoms. The van der Waals surface area contributed by atoms with Crippen molar-refractivity contribution in [1.29, 1.82) is 0 Å². The van der Waals surface area contributed by atoms with Gasteiger partial charge in [-0.2, -0.15) is 15.0 Å². The number of aryl methyl sites for hydroxylation is 1. The van der Waals surface area contributed by atoms with Gasteiger partial charge in [-0.15, -0.1) is 0 Å². The van der Waals surface area contributed by atoms with E-state index in [1.165, 1.54) is 11.8 Å². The summed E-state index contributed by atoms with van der Waals surface area (Å²) in [5.74, 6) is 0.928. The first-order valence-electron chi connectivity index (χ1n) is 10.5. The minimum absolute atomic E-state index is 0.464. The molecule has 0 spiro atoms. The van der Waals surface area contributed by atoms with Crippen LogP contribution >= 0.6 is 11.8 Å². The van der Waals surface area contributed by atoms with Gasteiger partial charge in [-0.3, -0.25) is 0 Å². The Bertz CT molecular complexity index is 1050. The molecule has 0 radical (unpaired) electrons. The highest BCUT2D eigenvalue weighted by Gasteiger charge is 2.11. The van der Waals surface area contributed by atoms with Gasteiger partial charge in [-0.1, -0.05) is 36.4 Å². The average Bonchev–Trinajstić information content (AvgIpc) is 3.26. The fourth-order valence-electron chi connectivity index (χ4n) is 2.79. The van der Waals surface area contributed by atoms with Gasteiger partial charge < -0.3 is 24.7 Å². The molecule has 5 rings (SSSR count). The summed E-state index contributed by atoms with van der Waals surface area (Å²) in [5, 5.41) is 7.80. The van der Waals surface area contributed by atoms with E-state index in [2.05, 4.69) is 30.6 Å². The molecular formula is C23H25N7O2S. The standard InChI is InChI=1S/C19H17N7S.C4H8O2/c1-26-13-12-20-19(26)27-18-24-16(21-14-8-4-2-5-9-14)23-17(25-18)22-15-10-6-3-7-11-15;1-2-6-4-3-5-1/h2-13H,1H3,(H2,21,22,23,24,25);1-4H2. The van der Waals surface area contributed by atoms with Gasteiger partial charge in [0.2, 0.25) is 17.1 Å². The molecule has 10 heteroatoms. The molecule has 4 aromatic rings. The maximum absolute atomic E-state index is 4.94. The van der Waals surface area contributed by atoms with Gasteiger partial charge in [0.05, 0.1) is 26.4 Å². The largest absolute Gasteiger partial charge is 0.377 e. The molecule has 0 bridgehead atoms. The van der Waals surface area contributed by atoms with Crippen LogP contribution in [-0.4, -0.2) is 50.9 Å². The lowest BCUT2D eigenvalue weighted by Gasteiger charge is -2.10. The Balaban J connectivity index is 0.000000376. The Hall–Kier alpha value is -3.47. The van der Waals surface area contributed by atoms with E-state index in [1.807, 2.05) is 78.5 Å². The summed E-state index contributed by atoms with van der Waals surface area (Å²) in [4.78, 5) is 17.9. The highest BCUT2D eigenvalue weighted by molar-refractivity contribution is 7.99. The molecule has 2 N–H and O–H groups in total. The molecule has 0 aliphatic carbocycles. The zero-order chi connectivity index (χ0) is 22.7. The lowest BCUT2D eigenvalue weighted by Crippen LogP contribution is -2.16. The molecule has 1 aliphatic heterocycles. The quantitative estimate of drug-likeness (QED) is 0.434. The number of imidazole rings is 1. The molecular weight excluding hydrogens is 438 g/mol. The number of rotatable bonds is 6. The van der Waals surface area contributed by atoms with Crippen molar-refractivity contribution in [3.63, 3.8) is 0 Å². The predicted molar refractivity (Wildman–Crippen MR) is 128 cm³/mol. The molecule has 1 aliphatic rings. The zero-order valence-corrected chi connectivity index (χ0v) is 19.0. The minimum atomic E-state index is 0.464. The van der Waals surface area contributed by atoms with Gasteiger partial charge in [-0.25, -0.2) is 4.98 Å². The van der Waals surface area contributed by atoms with E-state index < -0.39 is 0 Å². The Labute approximate surface area is 196 Å². The van der Waals surface area contributed by atoms with Crippen LogP contribution in [0, 0.1) is 0 Å². The third-order valence-electron chi connectivity index (χ3n) is 4.38. The third-order valence-corrected chi connectivity index (χ3v) is 5.32. The molecule has 170 valence electrons. The molecule has 2 aromatic carbocycles. The summed E-state index contributed by atoms with van der Waals surface area (Å²) in [6.45, 7) is 3.11. The van der Waals surface area contributed by atoms with Gasteiger partial charge in [0.25, 0.3) is 0 Å². The van der Waals surface area contributed by atoms with E-state index in [-0.39, 0.29) is 0 Å². The normalized spacial score (nSPS) is 13.0. The molecule has 9 nitrogen and oxygen atoms in total. The molecule has 2 aromatic heterocycles. The average molecular weight is 464 g/mol. The SMILES string of the molecule is C1COCCO1.Cn1ccnc1Sc1nc(Nc2ccccc2)nc(Nc2ccccc2)n1. The second-order valence-electron chi connectivity index (χ2n) is 6.89. The fourth-order valence-corrected chi connectivity index (χ4v) is 3.53. The maximum atomic E-state index is 4.94. The van der Waals surface area contributed by atoms with E-state index in [0.717, 1.165) is 43.0 Å². The van der Waals surface area contributed by atoms with Gasteiger partial charge >= 0.3 is 0 Å². The summed E-state index contributed by atoms with van der Waals surface area (Å²) in [6, 6.07) is 19.6. The van der Waals surface area contributed by atoms with Crippen LogP contribution in [0.25, 0.3) is 0 Å². The van der Waals surface area contributed by atoms with E-state index in [1.54, 1.807) is 6.20 Å². The number of para-hydroxylation sites is 2. The smallest absolute Gasteiger partial charge is 0.233 e.